The van der Waals surface area contributed by atoms with Crippen LogP contribution in [-0.4, -0.2) is 21.7 Å². The van der Waals surface area contributed by atoms with Gasteiger partial charge < -0.3 is 5.11 Å². The lowest BCUT2D eigenvalue weighted by molar-refractivity contribution is 0.287. The summed E-state index contributed by atoms with van der Waals surface area (Å²) in [5, 5.41) is 8.78. The maximum atomic E-state index is 8.78. The molecule has 0 aliphatic heterocycles. The van der Waals surface area contributed by atoms with Crippen LogP contribution in [0.15, 0.2) is 6.07 Å². The van der Waals surface area contributed by atoms with Crippen LogP contribution in [0.3, 0.4) is 0 Å². The number of aliphatic hydroxyl groups excluding tert-OH is 1. The molecule has 1 aromatic heterocycles. The minimum Gasteiger partial charge on any atom is -0.396 e. The molecule has 1 aliphatic carbocycles. The van der Waals surface area contributed by atoms with E-state index in [-0.39, 0.29) is 6.61 Å². The summed E-state index contributed by atoms with van der Waals surface area (Å²) >= 11 is 0. The molecule has 1 saturated carbocycles. The molecule has 0 saturated heterocycles. The SMILES string of the molecule is Cc1cc(C2CCC2)nc(CCCO)n1. The van der Waals surface area contributed by atoms with Crippen molar-refractivity contribution in [2.45, 2.75) is 44.9 Å². The fourth-order valence-corrected chi connectivity index (χ4v) is 1.92. The summed E-state index contributed by atoms with van der Waals surface area (Å²) in [7, 11) is 0. The van der Waals surface area contributed by atoms with Crippen LogP contribution in [-0.2, 0) is 6.42 Å². The van der Waals surface area contributed by atoms with Crippen molar-refractivity contribution in [2.75, 3.05) is 6.61 Å². The van der Waals surface area contributed by atoms with Gasteiger partial charge in [-0.2, -0.15) is 0 Å². The highest BCUT2D eigenvalue weighted by molar-refractivity contribution is 5.16. The molecule has 0 radical (unpaired) electrons. The van der Waals surface area contributed by atoms with E-state index < -0.39 is 0 Å². The number of rotatable bonds is 4. The number of aromatic nitrogens is 2. The van der Waals surface area contributed by atoms with E-state index in [1.807, 2.05) is 6.92 Å². The minimum absolute atomic E-state index is 0.218. The zero-order valence-corrected chi connectivity index (χ0v) is 9.24. The molecule has 0 amide bonds. The van der Waals surface area contributed by atoms with E-state index in [0.29, 0.717) is 5.92 Å². The Morgan fingerprint density at radius 3 is 2.80 bits per heavy atom. The summed E-state index contributed by atoms with van der Waals surface area (Å²) in [6.07, 6.45) is 5.43. The van der Waals surface area contributed by atoms with Gasteiger partial charge in [-0.05, 0) is 32.3 Å². The molecule has 15 heavy (non-hydrogen) atoms. The third-order valence-corrected chi connectivity index (χ3v) is 3.00. The highest BCUT2D eigenvalue weighted by Crippen LogP contribution is 2.35. The van der Waals surface area contributed by atoms with E-state index in [2.05, 4.69) is 16.0 Å². The first-order chi connectivity index (χ1) is 7.29. The fraction of sp³-hybridized carbons (Fsp3) is 0.667. The first-order valence-electron chi connectivity index (χ1n) is 5.75. The Morgan fingerprint density at radius 2 is 2.20 bits per heavy atom. The standard InChI is InChI=1S/C12H18N2O/c1-9-8-11(10-4-2-5-10)14-12(13-9)6-3-7-15/h8,10,15H,2-7H2,1H3. The summed E-state index contributed by atoms with van der Waals surface area (Å²) in [4.78, 5) is 8.96. The number of aryl methyl sites for hydroxylation is 2. The fourth-order valence-electron chi connectivity index (χ4n) is 1.92. The highest BCUT2D eigenvalue weighted by Gasteiger charge is 2.21. The van der Waals surface area contributed by atoms with Gasteiger partial charge >= 0.3 is 0 Å². The van der Waals surface area contributed by atoms with Gasteiger partial charge in [0.1, 0.15) is 5.82 Å². The largest absolute Gasteiger partial charge is 0.396 e. The first kappa shape index (κ1) is 10.6. The van der Waals surface area contributed by atoms with Crippen LogP contribution in [0.4, 0.5) is 0 Å². The summed E-state index contributed by atoms with van der Waals surface area (Å²) in [6.45, 7) is 2.24. The van der Waals surface area contributed by atoms with Gasteiger partial charge in [-0.3, -0.25) is 0 Å². The van der Waals surface area contributed by atoms with E-state index in [1.165, 1.54) is 25.0 Å². The molecule has 3 nitrogen and oxygen atoms in total. The van der Waals surface area contributed by atoms with Crippen LogP contribution in [0, 0.1) is 6.92 Å². The zero-order valence-electron chi connectivity index (χ0n) is 9.24. The van der Waals surface area contributed by atoms with Crippen LogP contribution >= 0.6 is 0 Å². The van der Waals surface area contributed by atoms with Gasteiger partial charge in [0.2, 0.25) is 0 Å². The molecule has 0 unspecified atom stereocenters. The van der Waals surface area contributed by atoms with E-state index in [1.54, 1.807) is 0 Å². The van der Waals surface area contributed by atoms with Crippen molar-refractivity contribution in [3.8, 4) is 0 Å². The normalized spacial score (nSPS) is 16.4. The van der Waals surface area contributed by atoms with Crippen LogP contribution in [0.2, 0.25) is 0 Å². The first-order valence-corrected chi connectivity index (χ1v) is 5.75. The molecule has 82 valence electrons. The third-order valence-electron chi connectivity index (χ3n) is 3.00. The molecule has 0 aromatic carbocycles. The predicted octanol–water partition coefficient (Wildman–Crippen LogP) is 1.98. The van der Waals surface area contributed by atoms with Crippen LogP contribution in [0.25, 0.3) is 0 Å². The summed E-state index contributed by atoms with van der Waals surface area (Å²) in [6, 6.07) is 2.10. The second-order valence-corrected chi connectivity index (χ2v) is 4.31. The smallest absolute Gasteiger partial charge is 0.128 e. The molecular weight excluding hydrogens is 188 g/mol. The van der Waals surface area contributed by atoms with Crippen LogP contribution < -0.4 is 0 Å². The second kappa shape index (κ2) is 4.71. The Kier molecular flexibility index (Phi) is 3.31. The van der Waals surface area contributed by atoms with Crippen molar-refractivity contribution in [3.05, 3.63) is 23.3 Å². The van der Waals surface area contributed by atoms with Crippen LogP contribution in [0.1, 0.15) is 48.8 Å². The zero-order chi connectivity index (χ0) is 10.7. The average Bonchev–Trinajstić information content (AvgIpc) is 2.11. The number of hydrogen-bond donors (Lipinski definition) is 1. The van der Waals surface area contributed by atoms with Gasteiger partial charge in [-0.1, -0.05) is 6.42 Å². The third kappa shape index (κ3) is 2.53. The second-order valence-electron chi connectivity index (χ2n) is 4.31. The monoisotopic (exact) mass is 206 g/mol. The summed E-state index contributed by atoms with van der Waals surface area (Å²) in [5.74, 6) is 1.56. The molecule has 1 aliphatic rings. The Morgan fingerprint density at radius 1 is 1.40 bits per heavy atom. The maximum absolute atomic E-state index is 8.78. The maximum Gasteiger partial charge on any atom is 0.128 e. The van der Waals surface area contributed by atoms with Crippen molar-refractivity contribution in [1.29, 1.82) is 0 Å². The Bertz CT molecular complexity index is 334. The Balaban J connectivity index is 2.12. The van der Waals surface area contributed by atoms with Gasteiger partial charge in [0, 0.05) is 30.3 Å². The van der Waals surface area contributed by atoms with Gasteiger partial charge in [-0.15, -0.1) is 0 Å². The molecule has 0 spiro atoms. The van der Waals surface area contributed by atoms with E-state index >= 15 is 0 Å². The Labute approximate surface area is 90.6 Å². The molecule has 1 heterocycles. The number of nitrogens with zero attached hydrogens (tertiary/aromatic N) is 2. The van der Waals surface area contributed by atoms with E-state index in [4.69, 9.17) is 5.11 Å². The van der Waals surface area contributed by atoms with Crippen molar-refractivity contribution in [3.63, 3.8) is 0 Å². The van der Waals surface area contributed by atoms with Crippen molar-refractivity contribution >= 4 is 0 Å². The Hall–Kier alpha value is -0.960. The molecule has 1 aromatic rings. The van der Waals surface area contributed by atoms with Gasteiger partial charge in [-0.25, -0.2) is 9.97 Å². The lowest BCUT2D eigenvalue weighted by Crippen LogP contribution is -2.13. The number of aliphatic hydroxyl groups is 1. The predicted molar refractivity (Wildman–Crippen MR) is 58.8 cm³/mol. The molecule has 0 bridgehead atoms. The van der Waals surface area contributed by atoms with Crippen molar-refractivity contribution in [2.24, 2.45) is 0 Å². The minimum atomic E-state index is 0.218. The average molecular weight is 206 g/mol. The lowest BCUT2D eigenvalue weighted by Gasteiger charge is -2.25. The molecule has 2 rings (SSSR count). The lowest BCUT2D eigenvalue weighted by atomic mass is 9.82. The van der Waals surface area contributed by atoms with E-state index in [9.17, 15) is 0 Å². The summed E-state index contributed by atoms with van der Waals surface area (Å²) in [5.41, 5.74) is 2.27. The van der Waals surface area contributed by atoms with Gasteiger partial charge in [0.25, 0.3) is 0 Å². The quantitative estimate of drug-likeness (QED) is 0.819. The molecule has 1 fully saturated rings. The van der Waals surface area contributed by atoms with Crippen molar-refractivity contribution in [1.82, 2.24) is 9.97 Å². The van der Waals surface area contributed by atoms with Crippen LogP contribution in [0.5, 0.6) is 0 Å². The molecule has 0 atom stereocenters. The summed E-state index contributed by atoms with van der Waals surface area (Å²) < 4.78 is 0. The molecule has 1 N–H and O–H groups in total. The topological polar surface area (TPSA) is 46.0 Å². The highest BCUT2D eigenvalue weighted by atomic mass is 16.2. The molecular formula is C12H18N2O. The van der Waals surface area contributed by atoms with Crippen molar-refractivity contribution < 1.29 is 5.11 Å². The van der Waals surface area contributed by atoms with Gasteiger partial charge in [0.15, 0.2) is 0 Å². The molecule has 3 heteroatoms. The van der Waals surface area contributed by atoms with E-state index in [0.717, 1.165) is 24.4 Å². The number of hydrogen-bond acceptors (Lipinski definition) is 3. The van der Waals surface area contributed by atoms with Gasteiger partial charge in [0.05, 0.1) is 0 Å².